The van der Waals surface area contributed by atoms with Gasteiger partial charge >= 0.3 is 12.2 Å². The van der Waals surface area contributed by atoms with Crippen LogP contribution in [0.4, 0.5) is 23.8 Å². The van der Waals surface area contributed by atoms with Crippen molar-refractivity contribution in [3.8, 4) is 0 Å². The molecular formula is C11H12F3N3O3. The molecule has 0 bridgehead atoms. The first-order chi connectivity index (χ1) is 9.27. The molecule has 2 rings (SSSR count). The van der Waals surface area contributed by atoms with Crippen LogP contribution in [0.5, 0.6) is 0 Å². The molecule has 110 valence electrons. The van der Waals surface area contributed by atoms with Crippen LogP contribution in [0, 0.1) is 0 Å². The van der Waals surface area contributed by atoms with E-state index in [0.29, 0.717) is 12.5 Å². The highest BCUT2D eigenvalue weighted by molar-refractivity contribution is 5.93. The normalized spacial score (nSPS) is 23.6. The molecule has 6 nitrogen and oxygen atoms in total. The summed E-state index contributed by atoms with van der Waals surface area (Å²) in [4.78, 5) is 13.9. The molecule has 1 aliphatic heterocycles. The van der Waals surface area contributed by atoms with Gasteiger partial charge in [-0.3, -0.25) is 0 Å². The summed E-state index contributed by atoms with van der Waals surface area (Å²) in [6, 6.07) is -0.709. The van der Waals surface area contributed by atoms with Gasteiger partial charge < -0.3 is 14.5 Å². The molecule has 0 saturated carbocycles. The Morgan fingerprint density at radius 2 is 2.25 bits per heavy atom. The molecular weight excluding hydrogens is 279 g/mol. The maximum Gasteiger partial charge on any atom is 0.436 e. The molecule has 0 aromatic carbocycles. The summed E-state index contributed by atoms with van der Waals surface area (Å²) in [7, 11) is 1.43. The van der Waals surface area contributed by atoms with Crippen molar-refractivity contribution in [2.75, 3.05) is 11.9 Å². The third-order valence-electron chi connectivity index (χ3n) is 3.05. The number of anilines is 1. The van der Waals surface area contributed by atoms with Crippen molar-refractivity contribution in [2.45, 2.75) is 24.9 Å². The van der Waals surface area contributed by atoms with Crippen molar-refractivity contribution >= 4 is 11.9 Å². The molecule has 2 unspecified atom stereocenters. The standard InChI is InChI=1S/C11H12F3N3O3/c1-3-4-6-9(18)17(10(19)16(6)2)8-5-7(15-20-8)11(12,13)14/h3,5-6,9,18H,1,4H2,2H3. The molecule has 1 aliphatic rings. The van der Waals surface area contributed by atoms with Gasteiger partial charge in [0.25, 0.3) is 0 Å². The van der Waals surface area contributed by atoms with Gasteiger partial charge in [0.05, 0.1) is 6.04 Å². The minimum atomic E-state index is -4.68. The zero-order valence-electron chi connectivity index (χ0n) is 10.5. The van der Waals surface area contributed by atoms with Gasteiger partial charge in [-0.2, -0.15) is 13.2 Å². The van der Waals surface area contributed by atoms with E-state index >= 15 is 0 Å². The molecule has 1 fully saturated rings. The first kappa shape index (κ1) is 14.4. The van der Waals surface area contributed by atoms with Crippen molar-refractivity contribution in [1.29, 1.82) is 0 Å². The highest BCUT2D eigenvalue weighted by Crippen LogP contribution is 2.34. The molecule has 20 heavy (non-hydrogen) atoms. The van der Waals surface area contributed by atoms with E-state index in [-0.39, 0.29) is 0 Å². The van der Waals surface area contributed by atoms with Crippen LogP contribution in [0.15, 0.2) is 23.2 Å². The van der Waals surface area contributed by atoms with E-state index < -0.39 is 36.1 Å². The fourth-order valence-electron chi connectivity index (χ4n) is 1.98. The van der Waals surface area contributed by atoms with E-state index in [4.69, 9.17) is 0 Å². The van der Waals surface area contributed by atoms with Crippen LogP contribution in [0.1, 0.15) is 12.1 Å². The van der Waals surface area contributed by atoms with Crippen molar-refractivity contribution < 1.29 is 27.6 Å². The summed E-state index contributed by atoms with van der Waals surface area (Å²) in [6.07, 6.45) is -4.22. The summed E-state index contributed by atoms with van der Waals surface area (Å²) in [6.45, 7) is 3.50. The lowest BCUT2D eigenvalue weighted by atomic mass is 10.2. The topological polar surface area (TPSA) is 69.8 Å². The van der Waals surface area contributed by atoms with Gasteiger partial charge in [0.1, 0.15) is 0 Å². The van der Waals surface area contributed by atoms with Crippen LogP contribution in [0.25, 0.3) is 0 Å². The number of nitrogens with zero attached hydrogens (tertiary/aromatic N) is 3. The summed E-state index contributed by atoms with van der Waals surface area (Å²) >= 11 is 0. The number of urea groups is 1. The van der Waals surface area contributed by atoms with Crippen LogP contribution < -0.4 is 4.90 Å². The van der Waals surface area contributed by atoms with Gasteiger partial charge in [0.2, 0.25) is 5.88 Å². The Labute approximate surface area is 112 Å². The van der Waals surface area contributed by atoms with Crippen LogP contribution in [-0.2, 0) is 6.18 Å². The van der Waals surface area contributed by atoms with E-state index in [2.05, 4.69) is 16.3 Å². The van der Waals surface area contributed by atoms with Crippen molar-refractivity contribution in [3.63, 3.8) is 0 Å². The summed E-state index contributed by atoms with van der Waals surface area (Å²) in [5.74, 6) is -0.451. The minimum Gasteiger partial charge on any atom is -0.371 e. The molecule has 0 radical (unpaired) electrons. The molecule has 2 amide bonds. The maximum atomic E-state index is 12.4. The van der Waals surface area contributed by atoms with E-state index in [1.54, 1.807) is 0 Å². The molecule has 0 aliphatic carbocycles. The molecule has 0 spiro atoms. The number of carbonyl (C=O) groups excluding carboxylic acids is 1. The molecule has 1 N–H and O–H groups in total. The number of halogens is 3. The number of alkyl halides is 3. The molecule has 1 aromatic heterocycles. The number of carbonyl (C=O) groups is 1. The van der Waals surface area contributed by atoms with Gasteiger partial charge in [-0.15, -0.1) is 6.58 Å². The smallest absolute Gasteiger partial charge is 0.371 e. The lowest BCUT2D eigenvalue weighted by molar-refractivity contribution is -0.142. The van der Waals surface area contributed by atoms with E-state index in [1.807, 2.05) is 0 Å². The second kappa shape index (κ2) is 4.82. The van der Waals surface area contributed by atoms with Gasteiger partial charge in [-0.1, -0.05) is 11.2 Å². The average molecular weight is 291 g/mol. The van der Waals surface area contributed by atoms with Crippen LogP contribution >= 0.6 is 0 Å². The fraction of sp³-hybridized carbons (Fsp3) is 0.455. The van der Waals surface area contributed by atoms with Gasteiger partial charge in [-0.25, -0.2) is 9.69 Å². The van der Waals surface area contributed by atoms with Gasteiger partial charge in [0, 0.05) is 13.1 Å². The maximum absolute atomic E-state index is 12.4. The predicted octanol–water partition coefficient (Wildman–Crippen LogP) is 1.83. The van der Waals surface area contributed by atoms with Gasteiger partial charge in [0.15, 0.2) is 11.9 Å². The van der Waals surface area contributed by atoms with Crippen LogP contribution in [-0.4, -0.2) is 40.5 Å². The minimum absolute atomic E-state index is 0.292. The number of aromatic nitrogens is 1. The Balaban J connectivity index is 2.30. The first-order valence-electron chi connectivity index (χ1n) is 5.66. The second-order valence-electron chi connectivity index (χ2n) is 4.32. The number of hydrogen-bond donors (Lipinski definition) is 1. The number of aliphatic hydroxyl groups excluding tert-OH is 1. The van der Waals surface area contributed by atoms with Crippen molar-refractivity contribution in [1.82, 2.24) is 10.1 Å². The van der Waals surface area contributed by atoms with Crippen LogP contribution in [0.3, 0.4) is 0 Å². The molecule has 2 heterocycles. The number of hydrogen-bond acceptors (Lipinski definition) is 4. The number of likely N-dealkylation sites (N-methyl/N-ethyl adjacent to an activating group) is 1. The quantitative estimate of drug-likeness (QED) is 0.863. The second-order valence-corrected chi connectivity index (χ2v) is 4.32. The molecule has 1 saturated heterocycles. The molecule has 9 heteroatoms. The largest absolute Gasteiger partial charge is 0.436 e. The fourth-order valence-corrected chi connectivity index (χ4v) is 1.98. The van der Waals surface area contributed by atoms with Crippen molar-refractivity contribution in [3.05, 3.63) is 24.4 Å². The summed E-state index contributed by atoms with van der Waals surface area (Å²) in [5.41, 5.74) is -1.26. The number of amides is 2. The average Bonchev–Trinajstić information content (AvgIpc) is 2.90. The third-order valence-corrected chi connectivity index (χ3v) is 3.05. The Bertz CT molecular complexity index is 528. The lowest BCUT2D eigenvalue weighted by Crippen LogP contribution is -2.36. The van der Waals surface area contributed by atoms with E-state index in [1.165, 1.54) is 18.0 Å². The zero-order valence-corrected chi connectivity index (χ0v) is 10.5. The number of aliphatic hydroxyl groups is 1. The predicted molar refractivity (Wildman–Crippen MR) is 61.8 cm³/mol. The Morgan fingerprint density at radius 3 is 2.75 bits per heavy atom. The zero-order chi connectivity index (χ0) is 15.1. The van der Waals surface area contributed by atoms with E-state index in [0.717, 1.165) is 4.90 Å². The van der Waals surface area contributed by atoms with Crippen LogP contribution in [0.2, 0.25) is 0 Å². The van der Waals surface area contributed by atoms with E-state index in [9.17, 15) is 23.1 Å². The Morgan fingerprint density at radius 1 is 1.60 bits per heavy atom. The summed E-state index contributed by atoms with van der Waals surface area (Å²) in [5, 5.41) is 12.9. The lowest BCUT2D eigenvalue weighted by Gasteiger charge is -2.18. The summed E-state index contributed by atoms with van der Waals surface area (Å²) < 4.78 is 41.8. The molecule has 1 aromatic rings. The third kappa shape index (κ3) is 2.24. The Hall–Kier alpha value is -2.03. The van der Waals surface area contributed by atoms with Crippen molar-refractivity contribution in [2.24, 2.45) is 0 Å². The highest BCUT2D eigenvalue weighted by atomic mass is 19.4. The SMILES string of the molecule is C=CCC1C(O)N(c2cc(C(F)(F)F)no2)C(=O)N1C. The van der Waals surface area contributed by atoms with Gasteiger partial charge in [-0.05, 0) is 6.42 Å². The highest BCUT2D eigenvalue weighted by Gasteiger charge is 2.46. The monoisotopic (exact) mass is 291 g/mol. The number of rotatable bonds is 3. The Kier molecular flexibility index (Phi) is 3.46. The first-order valence-corrected chi connectivity index (χ1v) is 5.66. The molecule has 2 atom stereocenters.